The van der Waals surface area contributed by atoms with Crippen molar-refractivity contribution in [1.29, 1.82) is 0 Å². The molecule has 0 aromatic carbocycles. The van der Waals surface area contributed by atoms with E-state index in [1.54, 1.807) is 7.11 Å². The van der Waals surface area contributed by atoms with E-state index >= 15 is 0 Å². The van der Waals surface area contributed by atoms with Gasteiger partial charge in [0.25, 0.3) is 0 Å². The summed E-state index contributed by atoms with van der Waals surface area (Å²) in [7, 11) is 3.82. The third kappa shape index (κ3) is 5.47. The van der Waals surface area contributed by atoms with E-state index in [1.807, 2.05) is 0 Å². The van der Waals surface area contributed by atoms with Gasteiger partial charge in [0.05, 0.1) is 6.61 Å². The summed E-state index contributed by atoms with van der Waals surface area (Å²) in [6, 6.07) is 0.125. The minimum absolute atomic E-state index is 0.125. The number of ether oxygens (including phenoxy) is 2. The van der Waals surface area contributed by atoms with Gasteiger partial charge in [0.1, 0.15) is 0 Å². The summed E-state index contributed by atoms with van der Waals surface area (Å²) in [4.78, 5) is 2.31. The number of methoxy groups -OCH3 is 1. The van der Waals surface area contributed by atoms with Crippen molar-refractivity contribution in [1.82, 2.24) is 4.90 Å². The Balaban J connectivity index is 2.13. The molecule has 1 atom stereocenters. The average molecular weight is 216 g/mol. The van der Waals surface area contributed by atoms with Crippen LogP contribution in [0.15, 0.2) is 0 Å². The van der Waals surface area contributed by atoms with Crippen LogP contribution in [0.5, 0.6) is 0 Å². The Labute approximate surface area is 92.7 Å². The second-order valence-electron chi connectivity index (χ2n) is 4.49. The fourth-order valence-corrected chi connectivity index (χ4v) is 2.11. The minimum Gasteiger partial charge on any atom is -0.383 e. The molecule has 4 heteroatoms. The van der Waals surface area contributed by atoms with Crippen molar-refractivity contribution < 1.29 is 9.47 Å². The summed E-state index contributed by atoms with van der Waals surface area (Å²) in [6.45, 7) is 4.51. The highest BCUT2D eigenvalue weighted by Crippen LogP contribution is 2.15. The highest BCUT2D eigenvalue weighted by atomic mass is 16.5. The van der Waals surface area contributed by atoms with E-state index in [2.05, 4.69) is 11.9 Å². The summed E-state index contributed by atoms with van der Waals surface area (Å²) < 4.78 is 10.4. The van der Waals surface area contributed by atoms with E-state index in [1.165, 1.54) is 12.8 Å². The van der Waals surface area contributed by atoms with Crippen molar-refractivity contribution in [3.05, 3.63) is 0 Å². The third-order valence-electron chi connectivity index (χ3n) is 2.84. The summed E-state index contributed by atoms with van der Waals surface area (Å²) >= 11 is 0. The van der Waals surface area contributed by atoms with Crippen molar-refractivity contribution in [3.63, 3.8) is 0 Å². The maximum absolute atomic E-state index is 5.90. The summed E-state index contributed by atoms with van der Waals surface area (Å²) in [5.41, 5.74) is 5.90. The first-order valence-corrected chi connectivity index (χ1v) is 5.73. The largest absolute Gasteiger partial charge is 0.383 e. The Morgan fingerprint density at radius 3 is 2.73 bits per heavy atom. The average Bonchev–Trinajstić information content (AvgIpc) is 2.19. The Morgan fingerprint density at radius 2 is 2.13 bits per heavy atom. The molecule has 1 heterocycles. The highest BCUT2D eigenvalue weighted by molar-refractivity contribution is 4.70. The maximum atomic E-state index is 5.90. The predicted molar refractivity (Wildman–Crippen MR) is 60.9 cm³/mol. The topological polar surface area (TPSA) is 47.7 Å². The number of nitrogens with two attached hydrogens (primary N) is 1. The van der Waals surface area contributed by atoms with Crippen LogP contribution < -0.4 is 5.73 Å². The van der Waals surface area contributed by atoms with Crippen molar-refractivity contribution in [2.75, 3.05) is 47.1 Å². The fourth-order valence-electron chi connectivity index (χ4n) is 2.11. The van der Waals surface area contributed by atoms with Crippen LogP contribution in [0.2, 0.25) is 0 Å². The van der Waals surface area contributed by atoms with Gasteiger partial charge in [-0.25, -0.2) is 0 Å². The van der Waals surface area contributed by atoms with Gasteiger partial charge in [0.2, 0.25) is 0 Å². The first kappa shape index (κ1) is 12.9. The van der Waals surface area contributed by atoms with Gasteiger partial charge in [0.15, 0.2) is 0 Å². The van der Waals surface area contributed by atoms with Crippen LogP contribution in [0.1, 0.15) is 12.8 Å². The molecule has 1 aliphatic heterocycles. The predicted octanol–water partition coefficient (Wildman–Crippen LogP) is 0.319. The molecule has 0 spiro atoms. The van der Waals surface area contributed by atoms with Crippen LogP contribution in [0.3, 0.4) is 0 Å². The lowest BCUT2D eigenvalue weighted by molar-refractivity contribution is 0.0537. The summed E-state index contributed by atoms with van der Waals surface area (Å²) in [6.07, 6.45) is 2.37. The molecule has 0 saturated carbocycles. The zero-order valence-corrected chi connectivity index (χ0v) is 9.95. The third-order valence-corrected chi connectivity index (χ3v) is 2.84. The van der Waals surface area contributed by atoms with Gasteiger partial charge in [0, 0.05) is 39.5 Å². The van der Waals surface area contributed by atoms with Crippen LogP contribution in [-0.4, -0.2) is 58.0 Å². The highest BCUT2D eigenvalue weighted by Gasteiger charge is 2.16. The van der Waals surface area contributed by atoms with E-state index < -0.39 is 0 Å². The van der Waals surface area contributed by atoms with Gasteiger partial charge >= 0.3 is 0 Å². The molecule has 0 aromatic rings. The molecule has 0 radical (unpaired) electrons. The van der Waals surface area contributed by atoms with Crippen molar-refractivity contribution in [2.45, 2.75) is 18.9 Å². The lowest BCUT2D eigenvalue weighted by Gasteiger charge is -2.28. The molecular formula is C11H24N2O2. The second-order valence-corrected chi connectivity index (χ2v) is 4.49. The first-order chi connectivity index (χ1) is 7.22. The number of hydrogen-bond acceptors (Lipinski definition) is 4. The van der Waals surface area contributed by atoms with E-state index in [-0.39, 0.29) is 6.04 Å². The van der Waals surface area contributed by atoms with Crippen molar-refractivity contribution in [3.8, 4) is 0 Å². The smallest absolute Gasteiger partial charge is 0.0626 e. The van der Waals surface area contributed by atoms with Gasteiger partial charge in [-0.2, -0.15) is 0 Å². The Bertz CT molecular complexity index is 161. The van der Waals surface area contributed by atoms with Crippen LogP contribution >= 0.6 is 0 Å². The van der Waals surface area contributed by atoms with Crippen LogP contribution in [-0.2, 0) is 9.47 Å². The van der Waals surface area contributed by atoms with E-state index in [0.29, 0.717) is 6.61 Å². The zero-order valence-electron chi connectivity index (χ0n) is 9.95. The van der Waals surface area contributed by atoms with Gasteiger partial charge < -0.3 is 20.1 Å². The Morgan fingerprint density at radius 1 is 1.47 bits per heavy atom. The monoisotopic (exact) mass is 216 g/mol. The molecule has 0 aliphatic carbocycles. The van der Waals surface area contributed by atoms with Crippen molar-refractivity contribution in [2.24, 2.45) is 11.7 Å². The number of nitrogens with zero attached hydrogens (tertiary/aromatic N) is 1. The van der Waals surface area contributed by atoms with E-state index in [0.717, 1.165) is 32.2 Å². The lowest BCUT2D eigenvalue weighted by atomic mass is 10.00. The normalized spacial score (nSPS) is 20.8. The molecule has 4 nitrogen and oxygen atoms in total. The molecule has 1 rings (SSSR count). The molecule has 1 saturated heterocycles. The molecule has 0 bridgehead atoms. The van der Waals surface area contributed by atoms with Crippen molar-refractivity contribution >= 4 is 0 Å². The number of likely N-dealkylation sites (N-methyl/N-ethyl adjacent to an activating group) is 1. The first-order valence-electron chi connectivity index (χ1n) is 5.73. The van der Waals surface area contributed by atoms with Crippen LogP contribution in [0.25, 0.3) is 0 Å². The molecule has 1 fully saturated rings. The Hall–Kier alpha value is -0.160. The fraction of sp³-hybridized carbons (Fsp3) is 1.00. The molecule has 0 aromatic heterocycles. The van der Waals surface area contributed by atoms with Gasteiger partial charge in [-0.3, -0.25) is 0 Å². The number of rotatable bonds is 6. The standard InChI is InChI=1S/C11H24N2O2/c1-13(8-11(12)9-14-2)7-10-3-5-15-6-4-10/h10-11H,3-9,12H2,1-2H3. The summed E-state index contributed by atoms with van der Waals surface area (Å²) in [5.74, 6) is 0.776. The maximum Gasteiger partial charge on any atom is 0.0626 e. The van der Waals surface area contributed by atoms with Crippen LogP contribution in [0, 0.1) is 5.92 Å². The number of hydrogen-bond donors (Lipinski definition) is 1. The molecule has 90 valence electrons. The van der Waals surface area contributed by atoms with Gasteiger partial charge in [-0.05, 0) is 25.8 Å². The lowest BCUT2D eigenvalue weighted by Crippen LogP contribution is -2.40. The minimum atomic E-state index is 0.125. The van der Waals surface area contributed by atoms with E-state index in [9.17, 15) is 0 Å². The molecule has 1 aliphatic rings. The summed E-state index contributed by atoms with van der Waals surface area (Å²) in [5, 5.41) is 0. The Kier molecular flexibility index (Phi) is 6.17. The molecule has 2 N–H and O–H groups in total. The van der Waals surface area contributed by atoms with Gasteiger partial charge in [-0.1, -0.05) is 0 Å². The quantitative estimate of drug-likeness (QED) is 0.694. The molecule has 15 heavy (non-hydrogen) atoms. The molecule has 0 amide bonds. The van der Waals surface area contributed by atoms with E-state index in [4.69, 9.17) is 15.2 Å². The van der Waals surface area contributed by atoms with Crippen LogP contribution in [0.4, 0.5) is 0 Å². The second kappa shape index (κ2) is 7.17. The molecule has 1 unspecified atom stereocenters. The zero-order chi connectivity index (χ0) is 11.1. The van der Waals surface area contributed by atoms with Gasteiger partial charge in [-0.15, -0.1) is 0 Å². The SMILES string of the molecule is COCC(N)CN(C)CC1CCOCC1. The molecular weight excluding hydrogens is 192 g/mol.